The van der Waals surface area contributed by atoms with Crippen LogP contribution in [0.25, 0.3) is 10.9 Å². The van der Waals surface area contributed by atoms with Crippen molar-refractivity contribution in [2.24, 2.45) is 0 Å². The maximum atomic E-state index is 4.74. The highest BCUT2D eigenvalue weighted by Crippen LogP contribution is 2.27. The van der Waals surface area contributed by atoms with Crippen LogP contribution in [0.1, 0.15) is 32.4 Å². The third kappa shape index (κ3) is 3.28. The highest BCUT2D eigenvalue weighted by Gasteiger charge is 2.11. The maximum Gasteiger partial charge on any atom is 0.0726 e. The van der Waals surface area contributed by atoms with Crippen LogP contribution in [-0.2, 0) is 6.54 Å². The van der Waals surface area contributed by atoms with Crippen molar-refractivity contribution in [1.29, 1.82) is 0 Å². The molecular weight excluding hydrogens is 246 g/mol. The van der Waals surface area contributed by atoms with Gasteiger partial charge in [0.05, 0.1) is 11.2 Å². The van der Waals surface area contributed by atoms with Crippen LogP contribution >= 0.6 is 0 Å². The fourth-order valence-corrected chi connectivity index (χ4v) is 2.64. The van der Waals surface area contributed by atoms with Gasteiger partial charge >= 0.3 is 0 Å². The number of hydrogen-bond donors (Lipinski definition) is 1. The Morgan fingerprint density at radius 3 is 2.45 bits per heavy atom. The number of fused-ring (bicyclic) bond motifs is 1. The van der Waals surface area contributed by atoms with Crippen LogP contribution in [0.4, 0.5) is 5.69 Å². The molecule has 2 aromatic rings. The lowest BCUT2D eigenvalue weighted by Gasteiger charge is -2.26. The summed E-state index contributed by atoms with van der Waals surface area (Å²) >= 11 is 0. The average Bonchev–Trinajstić information content (AvgIpc) is 2.46. The second-order valence-electron chi connectivity index (χ2n) is 5.17. The Morgan fingerprint density at radius 2 is 1.80 bits per heavy atom. The van der Waals surface area contributed by atoms with Gasteiger partial charge in [-0.2, -0.15) is 0 Å². The van der Waals surface area contributed by atoms with Crippen LogP contribution in [0, 0.1) is 0 Å². The molecule has 0 aliphatic rings. The van der Waals surface area contributed by atoms with Crippen LogP contribution < -0.4 is 10.2 Å². The quantitative estimate of drug-likeness (QED) is 0.834. The fraction of sp³-hybridized carbons (Fsp3) is 0.471. The molecule has 3 heteroatoms. The Hall–Kier alpha value is -1.61. The smallest absolute Gasteiger partial charge is 0.0726 e. The van der Waals surface area contributed by atoms with E-state index in [-0.39, 0.29) is 0 Å². The molecule has 108 valence electrons. The van der Waals surface area contributed by atoms with E-state index in [2.05, 4.69) is 54.4 Å². The predicted octanol–water partition coefficient (Wildman–Crippen LogP) is 3.58. The first kappa shape index (κ1) is 14.8. The van der Waals surface area contributed by atoms with Crippen molar-refractivity contribution in [3.8, 4) is 0 Å². The number of aromatic nitrogens is 1. The van der Waals surface area contributed by atoms with Crippen molar-refractivity contribution in [2.75, 3.05) is 25.0 Å². The van der Waals surface area contributed by atoms with E-state index < -0.39 is 0 Å². The molecule has 0 aliphatic heterocycles. The van der Waals surface area contributed by atoms with Gasteiger partial charge in [0.25, 0.3) is 0 Å². The molecular formula is C17H25N3. The van der Waals surface area contributed by atoms with Crippen molar-refractivity contribution in [1.82, 2.24) is 10.3 Å². The number of rotatable bonds is 7. The van der Waals surface area contributed by atoms with Gasteiger partial charge in [-0.15, -0.1) is 0 Å². The van der Waals surface area contributed by atoms with Gasteiger partial charge in [0, 0.05) is 30.7 Å². The maximum absolute atomic E-state index is 4.74. The van der Waals surface area contributed by atoms with Gasteiger partial charge in [0.15, 0.2) is 0 Å². The molecule has 0 atom stereocenters. The molecule has 0 amide bonds. The van der Waals surface area contributed by atoms with Crippen LogP contribution in [0.5, 0.6) is 0 Å². The van der Waals surface area contributed by atoms with E-state index >= 15 is 0 Å². The second kappa shape index (κ2) is 7.25. The number of anilines is 1. The van der Waals surface area contributed by atoms with Crippen molar-refractivity contribution < 1.29 is 0 Å². The molecule has 0 spiro atoms. The molecule has 0 saturated carbocycles. The largest absolute Gasteiger partial charge is 0.371 e. The molecule has 1 aromatic heterocycles. The molecule has 2 rings (SSSR count). The zero-order valence-electron chi connectivity index (χ0n) is 12.8. The van der Waals surface area contributed by atoms with E-state index in [0.717, 1.165) is 43.7 Å². The monoisotopic (exact) mass is 271 g/mol. The van der Waals surface area contributed by atoms with Crippen LogP contribution in [0.3, 0.4) is 0 Å². The minimum Gasteiger partial charge on any atom is -0.371 e. The summed E-state index contributed by atoms with van der Waals surface area (Å²) in [6.45, 7) is 7.48. The van der Waals surface area contributed by atoms with E-state index in [4.69, 9.17) is 4.98 Å². The number of para-hydroxylation sites is 1. The predicted molar refractivity (Wildman–Crippen MR) is 87.3 cm³/mol. The number of nitrogens with zero attached hydrogens (tertiary/aromatic N) is 2. The molecule has 0 aliphatic carbocycles. The van der Waals surface area contributed by atoms with Crippen LogP contribution in [0.15, 0.2) is 30.3 Å². The SMILES string of the molecule is CCCN(CCC)c1cc(CNC)nc2ccccc12. The minimum atomic E-state index is 0.809. The highest BCUT2D eigenvalue weighted by molar-refractivity contribution is 5.92. The van der Waals surface area contributed by atoms with Crippen molar-refractivity contribution in [2.45, 2.75) is 33.2 Å². The summed E-state index contributed by atoms with van der Waals surface area (Å²) in [5, 5.41) is 4.46. The number of pyridine rings is 1. The Bertz CT molecular complexity index is 545. The molecule has 0 unspecified atom stereocenters. The average molecular weight is 271 g/mol. The van der Waals surface area contributed by atoms with E-state index in [1.54, 1.807) is 0 Å². The molecule has 0 radical (unpaired) electrons. The summed E-state index contributed by atoms with van der Waals surface area (Å²) in [5.74, 6) is 0. The molecule has 1 aromatic carbocycles. The number of nitrogens with one attached hydrogen (secondary N) is 1. The normalized spacial score (nSPS) is 10.9. The zero-order chi connectivity index (χ0) is 14.4. The van der Waals surface area contributed by atoms with Gasteiger partial charge in [-0.1, -0.05) is 32.0 Å². The standard InChI is InChI=1S/C17H25N3/c1-4-10-20(11-5-2)17-12-14(13-18-3)19-16-9-7-6-8-15(16)17/h6-9,12,18H,4-5,10-11,13H2,1-3H3. The lowest BCUT2D eigenvalue weighted by atomic mass is 10.1. The molecule has 0 bridgehead atoms. The Balaban J connectivity index is 2.52. The first-order valence-electron chi connectivity index (χ1n) is 7.58. The van der Waals surface area contributed by atoms with E-state index in [0.29, 0.717) is 0 Å². The van der Waals surface area contributed by atoms with Crippen molar-refractivity contribution >= 4 is 16.6 Å². The van der Waals surface area contributed by atoms with Crippen LogP contribution in [0.2, 0.25) is 0 Å². The topological polar surface area (TPSA) is 28.2 Å². The zero-order valence-corrected chi connectivity index (χ0v) is 12.8. The first-order chi connectivity index (χ1) is 9.80. The second-order valence-corrected chi connectivity index (χ2v) is 5.17. The third-order valence-corrected chi connectivity index (χ3v) is 3.43. The Morgan fingerprint density at radius 1 is 1.10 bits per heavy atom. The molecule has 20 heavy (non-hydrogen) atoms. The van der Waals surface area contributed by atoms with E-state index in [1.807, 2.05) is 7.05 Å². The van der Waals surface area contributed by atoms with Gasteiger partial charge in [0.2, 0.25) is 0 Å². The van der Waals surface area contributed by atoms with E-state index in [1.165, 1.54) is 11.1 Å². The lowest BCUT2D eigenvalue weighted by Crippen LogP contribution is -2.25. The number of hydrogen-bond acceptors (Lipinski definition) is 3. The van der Waals surface area contributed by atoms with Crippen molar-refractivity contribution in [3.63, 3.8) is 0 Å². The summed E-state index contributed by atoms with van der Waals surface area (Å²) in [4.78, 5) is 7.23. The summed E-state index contributed by atoms with van der Waals surface area (Å²) in [7, 11) is 1.96. The van der Waals surface area contributed by atoms with Gasteiger partial charge in [0.1, 0.15) is 0 Å². The van der Waals surface area contributed by atoms with Gasteiger partial charge in [-0.25, -0.2) is 0 Å². The molecule has 1 heterocycles. The minimum absolute atomic E-state index is 0.809. The molecule has 3 nitrogen and oxygen atoms in total. The summed E-state index contributed by atoms with van der Waals surface area (Å²) in [5.41, 5.74) is 3.52. The summed E-state index contributed by atoms with van der Waals surface area (Å²) in [6, 6.07) is 10.7. The highest BCUT2D eigenvalue weighted by atomic mass is 15.1. The van der Waals surface area contributed by atoms with Gasteiger partial charge < -0.3 is 10.2 Å². The molecule has 1 N–H and O–H groups in total. The molecule has 0 fully saturated rings. The Kier molecular flexibility index (Phi) is 5.36. The van der Waals surface area contributed by atoms with Crippen LogP contribution in [-0.4, -0.2) is 25.1 Å². The first-order valence-corrected chi connectivity index (χ1v) is 7.58. The Labute approximate surface area is 122 Å². The lowest BCUT2D eigenvalue weighted by molar-refractivity contribution is 0.743. The fourth-order valence-electron chi connectivity index (χ4n) is 2.64. The third-order valence-electron chi connectivity index (χ3n) is 3.43. The van der Waals surface area contributed by atoms with Gasteiger partial charge in [-0.05, 0) is 32.0 Å². The van der Waals surface area contributed by atoms with Crippen molar-refractivity contribution in [3.05, 3.63) is 36.0 Å². The van der Waals surface area contributed by atoms with E-state index in [9.17, 15) is 0 Å². The summed E-state index contributed by atoms with van der Waals surface area (Å²) < 4.78 is 0. The number of benzene rings is 1. The van der Waals surface area contributed by atoms with Gasteiger partial charge in [-0.3, -0.25) is 4.98 Å². The summed E-state index contributed by atoms with van der Waals surface area (Å²) in [6.07, 6.45) is 2.33. The molecule has 0 saturated heterocycles.